The summed E-state index contributed by atoms with van der Waals surface area (Å²) in [4.78, 5) is 12.7. The van der Waals surface area contributed by atoms with Crippen LogP contribution in [0.1, 0.15) is 22.8 Å². The van der Waals surface area contributed by atoms with E-state index in [-0.39, 0.29) is 19.0 Å². The Hall–Kier alpha value is -3.60. The van der Waals surface area contributed by atoms with Gasteiger partial charge >= 0.3 is 5.97 Å². The number of hydrogen-bond acceptors (Lipinski definition) is 4. The molecule has 0 saturated heterocycles. The van der Waals surface area contributed by atoms with Gasteiger partial charge in [-0.2, -0.15) is 0 Å². The van der Waals surface area contributed by atoms with Crippen LogP contribution in [0.5, 0.6) is 5.75 Å². The molecule has 0 unspecified atom stereocenters. The lowest BCUT2D eigenvalue weighted by Crippen LogP contribution is -2.05. The molecule has 4 rings (SSSR count). The number of benzene rings is 3. The van der Waals surface area contributed by atoms with Gasteiger partial charge in [-0.05, 0) is 31.2 Å². The van der Waals surface area contributed by atoms with Gasteiger partial charge in [0.05, 0.1) is 6.61 Å². The Morgan fingerprint density at radius 1 is 1.00 bits per heavy atom. The van der Waals surface area contributed by atoms with Crippen molar-refractivity contribution in [1.82, 2.24) is 0 Å². The van der Waals surface area contributed by atoms with Gasteiger partial charge in [-0.25, -0.2) is 9.18 Å². The molecule has 0 aliphatic rings. The van der Waals surface area contributed by atoms with Gasteiger partial charge in [0.1, 0.15) is 35.1 Å². The number of carbonyl (C=O) groups excluding carboxylic acids is 1. The third-order valence-electron chi connectivity index (χ3n) is 4.53. The highest BCUT2D eigenvalue weighted by Crippen LogP contribution is 2.36. The first-order valence-electron chi connectivity index (χ1n) is 9.32. The summed E-state index contributed by atoms with van der Waals surface area (Å²) in [5, 5.41) is 0.591. The fraction of sp³-hybridized carbons (Fsp3) is 0.125. The molecule has 0 aliphatic carbocycles. The number of halogens is 1. The number of furan rings is 1. The first-order chi connectivity index (χ1) is 14.2. The third kappa shape index (κ3) is 3.85. The monoisotopic (exact) mass is 390 g/mol. The average Bonchev–Trinajstić information content (AvgIpc) is 3.13. The van der Waals surface area contributed by atoms with Gasteiger partial charge in [0.25, 0.3) is 0 Å². The van der Waals surface area contributed by atoms with Crippen LogP contribution >= 0.6 is 0 Å². The van der Waals surface area contributed by atoms with E-state index in [1.165, 1.54) is 6.07 Å². The molecule has 146 valence electrons. The van der Waals surface area contributed by atoms with E-state index in [1.54, 1.807) is 43.3 Å². The average molecular weight is 390 g/mol. The molecule has 29 heavy (non-hydrogen) atoms. The summed E-state index contributed by atoms with van der Waals surface area (Å²) in [6.07, 6.45) is 0. The number of fused-ring (bicyclic) bond motifs is 1. The summed E-state index contributed by atoms with van der Waals surface area (Å²) >= 11 is 0. The molecule has 3 aromatic carbocycles. The number of esters is 1. The van der Waals surface area contributed by atoms with Gasteiger partial charge in [-0.1, -0.05) is 48.5 Å². The van der Waals surface area contributed by atoms with Crippen molar-refractivity contribution in [2.45, 2.75) is 13.5 Å². The second kappa shape index (κ2) is 8.19. The van der Waals surface area contributed by atoms with Crippen LogP contribution < -0.4 is 4.74 Å². The van der Waals surface area contributed by atoms with E-state index in [4.69, 9.17) is 13.9 Å². The van der Waals surface area contributed by atoms with Crippen molar-refractivity contribution in [2.75, 3.05) is 6.61 Å². The van der Waals surface area contributed by atoms with E-state index < -0.39 is 5.97 Å². The van der Waals surface area contributed by atoms with Crippen molar-refractivity contribution in [3.05, 3.63) is 89.7 Å². The van der Waals surface area contributed by atoms with Gasteiger partial charge in [-0.3, -0.25) is 0 Å². The molecule has 0 radical (unpaired) electrons. The van der Waals surface area contributed by atoms with E-state index in [0.717, 1.165) is 5.56 Å². The molecule has 5 heteroatoms. The summed E-state index contributed by atoms with van der Waals surface area (Å²) in [6.45, 7) is 2.09. The lowest BCUT2D eigenvalue weighted by Gasteiger charge is -2.07. The van der Waals surface area contributed by atoms with Gasteiger partial charge < -0.3 is 13.9 Å². The highest BCUT2D eigenvalue weighted by atomic mass is 19.1. The van der Waals surface area contributed by atoms with E-state index >= 15 is 0 Å². The summed E-state index contributed by atoms with van der Waals surface area (Å²) in [5.74, 6) is 0.170. The predicted molar refractivity (Wildman–Crippen MR) is 108 cm³/mol. The molecule has 0 N–H and O–H groups in total. The van der Waals surface area contributed by atoms with Crippen LogP contribution in [0.3, 0.4) is 0 Å². The van der Waals surface area contributed by atoms with Crippen molar-refractivity contribution < 1.29 is 23.1 Å². The normalized spacial score (nSPS) is 10.8. The van der Waals surface area contributed by atoms with Crippen LogP contribution in [-0.2, 0) is 11.3 Å². The Kier molecular flexibility index (Phi) is 5.29. The standard InChI is InChI=1S/C24H19FO4/c1-2-27-24(26)22-19-14-18(28-15-17-10-6-7-11-20(17)25)12-13-21(19)29-23(22)16-8-4-3-5-9-16/h3-14H,2,15H2,1H3. The second-order valence-electron chi connectivity index (χ2n) is 6.43. The number of carbonyl (C=O) groups is 1. The molecular weight excluding hydrogens is 371 g/mol. The van der Waals surface area contributed by atoms with E-state index in [9.17, 15) is 9.18 Å². The molecule has 0 amide bonds. The second-order valence-corrected chi connectivity index (χ2v) is 6.43. The number of hydrogen-bond donors (Lipinski definition) is 0. The molecule has 0 aliphatic heterocycles. The van der Waals surface area contributed by atoms with Crippen molar-refractivity contribution in [3.8, 4) is 17.1 Å². The van der Waals surface area contributed by atoms with Crippen LogP contribution in [0.4, 0.5) is 4.39 Å². The first kappa shape index (κ1) is 18.7. The predicted octanol–water partition coefficient (Wildman–Crippen LogP) is 5.99. The van der Waals surface area contributed by atoms with E-state index in [1.807, 2.05) is 30.3 Å². The molecule has 4 aromatic rings. The van der Waals surface area contributed by atoms with Crippen molar-refractivity contribution >= 4 is 16.9 Å². The minimum Gasteiger partial charge on any atom is -0.489 e. The minimum absolute atomic E-state index is 0.0797. The molecule has 1 heterocycles. The Bertz CT molecular complexity index is 1150. The van der Waals surface area contributed by atoms with Gasteiger partial charge in [0.2, 0.25) is 0 Å². The molecule has 0 fully saturated rings. The van der Waals surface area contributed by atoms with E-state index in [2.05, 4.69) is 0 Å². The van der Waals surface area contributed by atoms with Gasteiger partial charge in [0, 0.05) is 16.5 Å². The zero-order valence-electron chi connectivity index (χ0n) is 15.9. The summed E-state index contributed by atoms with van der Waals surface area (Å²) in [5.41, 5.74) is 2.13. The highest BCUT2D eigenvalue weighted by Gasteiger charge is 2.23. The molecule has 4 nitrogen and oxygen atoms in total. The maximum atomic E-state index is 13.8. The molecular formula is C24H19FO4. The smallest absolute Gasteiger partial charge is 0.342 e. The zero-order valence-corrected chi connectivity index (χ0v) is 15.9. The summed E-state index contributed by atoms with van der Waals surface area (Å²) < 4.78 is 30.8. The van der Waals surface area contributed by atoms with E-state index in [0.29, 0.717) is 33.6 Å². The Balaban J connectivity index is 1.74. The number of rotatable bonds is 6. The molecule has 0 spiro atoms. The van der Waals surface area contributed by atoms with Crippen molar-refractivity contribution in [3.63, 3.8) is 0 Å². The summed E-state index contributed by atoms with van der Waals surface area (Å²) in [6, 6.07) is 21.0. The maximum Gasteiger partial charge on any atom is 0.342 e. The molecule has 0 saturated carbocycles. The van der Waals surface area contributed by atoms with Crippen LogP contribution in [0, 0.1) is 5.82 Å². The fourth-order valence-corrected chi connectivity index (χ4v) is 3.14. The van der Waals surface area contributed by atoms with Gasteiger partial charge in [0.15, 0.2) is 0 Å². The lowest BCUT2D eigenvalue weighted by atomic mass is 10.1. The minimum atomic E-state index is -0.462. The fourth-order valence-electron chi connectivity index (χ4n) is 3.14. The Labute approximate surface area is 167 Å². The molecule has 0 bridgehead atoms. The van der Waals surface area contributed by atoms with Crippen molar-refractivity contribution in [2.24, 2.45) is 0 Å². The topological polar surface area (TPSA) is 48.7 Å². The summed E-state index contributed by atoms with van der Waals surface area (Å²) in [7, 11) is 0. The largest absolute Gasteiger partial charge is 0.489 e. The van der Waals surface area contributed by atoms with Gasteiger partial charge in [-0.15, -0.1) is 0 Å². The highest BCUT2D eigenvalue weighted by molar-refractivity contribution is 6.09. The quantitative estimate of drug-likeness (QED) is 0.379. The zero-order chi connectivity index (χ0) is 20.2. The SMILES string of the molecule is CCOC(=O)c1c(-c2ccccc2)oc2ccc(OCc3ccccc3F)cc12. The van der Waals surface area contributed by atoms with Crippen LogP contribution in [-0.4, -0.2) is 12.6 Å². The Morgan fingerprint density at radius 3 is 2.52 bits per heavy atom. The van der Waals surface area contributed by atoms with Crippen LogP contribution in [0.25, 0.3) is 22.3 Å². The maximum absolute atomic E-state index is 13.8. The molecule has 0 atom stereocenters. The lowest BCUT2D eigenvalue weighted by molar-refractivity contribution is 0.0528. The third-order valence-corrected chi connectivity index (χ3v) is 4.53. The van der Waals surface area contributed by atoms with Crippen LogP contribution in [0.2, 0.25) is 0 Å². The first-order valence-corrected chi connectivity index (χ1v) is 9.32. The van der Waals surface area contributed by atoms with Crippen molar-refractivity contribution in [1.29, 1.82) is 0 Å². The molecule has 1 aromatic heterocycles. The van der Waals surface area contributed by atoms with Crippen LogP contribution in [0.15, 0.2) is 77.2 Å². The Morgan fingerprint density at radius 2 is 1.76 bits per heavy atom. The number of ether oxygens (including phenoxy) is 2.